The summed E-state index contributed by atoms with van der Waals surface area (Å²) in [5.41, 5.74) is 0.855. The number of likely N-dealkylation sites (tertiary alicyclic amines) is 1. The molecule has 1 fully saturated rings. The first-order valence-corrected chi connectivity index (χ1v) is 7.94. The predicted molar refractivity (Wildman–Crippen MR) is 78.0 cm³/mol. The van der Waals surface area contributed by atoms with Gasteiger partial charge in [-0.15, -0.1) is 11.3 Å². The van der Waals surface area contributed by atoms with Gasteiger partial charge < -0.3 is 9.64 Å². The van der Waals surface area contributed by atoms with Crippen molar-refractivity contribution in [3.8, 4) is 0 Å². The lowest BCUT2D eigenvalue weighted by Gasteiger charge is -2.31. The molecular weight excluding hydrogens is 274 g/mol. The van der Waals surface area contributed by atoms with E-state index in [4.69, 9.17) is 4.74 Å². The van der Waals surface area contributed by atoms with Gasteiger partial charge in [0.15, 0.2) is 4.96 Å². The average molecular weight is 293 g/mol. The number of hydrogen-bond donors (Lipinski definition) is 0. The van der Waals surface area contributed by atoms with Gasteiger partial charge in [0.05, 0.1) is 18.2 Å². The first-order chi connectivity index (χ1) is 9.76. The van der Waals surface area contributed by atoms with E-state index in [1.165, 1.54) is 0 Å². The van der Waals surface area contributed by atoms with Crippen LogP contribution in [0.2, 0.25) is 0 Å². The van der Waals surface area contributed by atoms with Crippen LogP contribution in [-0.4, -0.2) is 46.0 Å². The fourth-order valence-corrected chi connectivity index (χ4v) is 3.35. The number of nitrogens with zero attached hydrogens (tertiary/aromatic N) is 3. The SMILES string of the molecule is CCOC1CCN(C(=O)Cc2cn3ccsc3n2)CC1. The van der Waals surface area contributed by atoms with Crippen LogP contribution >= 0.6 is 11.3 Å². The maximum atomic E-state index is 12.3. The lowest BCUT2D eigenvalue weighted by atomic mass is 10.1. The number of rotatable bonds is 4. The minimum atomic E-state index is 0.172. The third-order valence-corrected chi connectivity index (χ3v) is 4.44. The molecule has 1 saturated heterocycles. The summed E-state index contributed by atoms with van der Waals surface area (Å²) in [7, 11) is 0. The Kier molecular flexibility index (Phi) is 4.03. The van der Waals surface area contributed by atoms with Gasteiger partial charge >= 0.3 is 0 Å². The molecule has 108 valence electrons. The monoisotopic (exact) mass is 293 g/mol. The molecule has 6 heteroatoms. The summed E-state index contributed by atoms with van der Waals surface area (Å²) < 4.78 is 7.57. The molecule has 0 radical (unpaired) electrons. The molecule has 2 aromatic rings. The summed E-state index contributed by atoms with van der Waals surface area (Å²) in [5.74, 6) is 0.172. The summed E-state index contributed by atoms with van der Waals surface area (Å²) >= 11 is 1.59. The summed E-state index contributed by atoms with van der Waals surface area (Å²) in [5, 5.41) is 1.99. The van der Waals surface area contributed by atoms with Crippen molar-refractivity contribution in [2.45, 2.75) is 32.3 Å². The number of piperidine rings is 1. The maximum Gasteiger partial charge on any atom is 0.228 e. The van der Waals surface area contributed by atoms with Crippen molar-refractivity contribution in [3.05, 3.63) is 23.5 Å². The van der Waals surface area contributed by atoms with E-state index < -0.39 is 0 Å². The summed E-state index contributed by atoms with van der Waals surface area (Å²) in [6.45, 7) is 4.36. The second kappa shape index (κ2) is 5.93. The number of imidazole rings is 1. The average Bonchev–Trinajstić information content (AvgIpc) is 3.01. The van der Waals surface area contributed by atoms with Gasteiger partial charge in [0.2, 0.25) is 5.91 Å². The van der Waals surface area contributed by atoms with E-state index in [1.54, 1.807) is 11.3 Å². The number of carbonyl (C=O) groups excluding carboxylic acids is 1. The molecule has 0 spiro atoms. The van der Waals surface area contributed by atoms with Crippen molar-refractivity contribution in [3.63, 3.8) is 0 Å². The first kappa shape index (κ1) is 13.6. The van der Waals surface area contributed by atoms with Crippen LogP contribution in [0.4, 0.5) is 0 Å². The molecule has 1 aliphatic rings. The van der Waals surface area contributed by atoms with Crippen LogP contribution in [0.5, 0.6) is 0 Å². The molecular formula is C14H19N3O2S. The van der Waals surface area contributed by atoms with E-state index >= 15 is 0 Å². The Balaban J connectivity index is 1.56. The molecule has 3 rings (SSSR count). The lowest BCUT2D eigenvalue weighted by molar-refractivity contribution is -0.133. The molecule has 0 bridgehead atoms. The smallest absolute Gasteiger partial charge is 0.228 e. The molecule has 2 aromatic heterocycles. The van der Waals surface area contributed by atoms with E-state index in [-0.39, 0.29) is 5.91 Å². The molecule has 0 saturated carbocycles. The highest BCUT2D eigenvalue weighted by molar-refractivity contribution is 7.15. The largest absolute Gasteiger partial charge is 0.378 e. The second-order valence-electron chi connectivity index (χ2n) is 5.04. The molecule has 20 heavy (non-hydrogen) atoms. The van der Waals surface area contributed by atoms with Gasteiger partial charge in [0, 0.05) is 37.5 Å². The zero-order valence-corrected chi connectivity index (χ0v) is 12.4. The van der Waals surface area contributed by atoms with E-state index in [1.807, 2.05) is 34.0 Å². The predicted octanol–water partition coefficient (Wildman–Crippen LogP) is 1.97. The Labute approximate surface area is 122 Å². The van der Waals surface area contributed by atoms with Gasteiger partial charge in [0.25, 0.3) is 0 Å². The summed E-state index contributed by atoms with van der Waals surface area (Å²) in [4.78, 5) is 19.6. The van der Waals surface area contributed by atoms with Crippen LogP contribution in [0.15, 0.2) is 17.8 Å². The van der Waals surface area contributed by atoms with Crippen molar-refractivity contribution in [2.24, 2.45) is 0 Å². The third-order valence-electron chi connectivity index (χ3n) is 3.67. The van der Waals surface area contributed by atoms with Gasteiger partial charge in [-0.2, -0.15) is 0 Å². The van der Waals surface area contributed by atoms with Crippen LogP contribution < -0.4 is 0 Å². The van der Waals surface area contributed by atoms with Crippen LogP contribution in [0.1, 0.15) is 25.5 Å². The van der Waals surface area contributed by atoms with E-state index in [0.29, 0.717) is 12.5 Å². The third kappa shape index (κ3) is 2.86. The zero-order valence-electron chi connectivity index (χ0n) is 11.6. The highest BCUT2D eigenvalue weighted by Crippen LogP contribution is 2.16. The number of amides is 1. The summed E-state index contributed by atoms with van der Waals surface area (Å²) in [6, 6.07) is 0. The van der Waals surface area contributed by atoms with Crippen molar-refractivity contribution in [1.29, 1.82) is 0 Å². The van der Waals surface area contributed by atoms with Crippen LogP contribution in [0.3, 0.4) is 0 Å². The number of carbonyl (C=O) groups is 1. The minimum Gasteiger partial charge on any atom is -0.378 e. The Hall–Kier alpha value is -1.40. The van der Waals surface area contributed by atoms with Gasteiger partial charge in [-0.1, -0.05) is 0 Å². The lowest BCUT2D eigenvalue weighted by Crippen LogP contribution is -2.41. The number of aromatic nitrogens is 2. The van der Waals surface area contributed by atoms with Crippen molar-refractivity contribution in [2.75, 3.05) is 19.7 Å². The fourth-order valence-electron chi connectivity index (χ4n) is 2.64. The fraction of sp³-hybridized carbons (Fsp3) is 0.571. The van der Waals surface area contributed by atoms with E-state index in [2.05, 4.69) is 4.98 Å². The van der Waals surface area contributed by atoms with Crippen LogP contribution in [0.25, 0.3) is 4.96 Å². The topological polar surface area (TPSA) is 46.8 Å². The normalized spacial score (nSPS) is 16.9. The Morgan fingerprint density at radius 1 is 1.50 bits per heavy atom. The maximum absolute atomic E-state index is 12.3. The van der Waals surface area contributed by atoms with Crippen LogP contribution in [0, 0.1) is 0 Å². The number of fused-ring (bicyclic) bond motifs is 1. The molecule has 1 amide bonds. The second-order valence-corrected chi connectivity index (χ2v) is 5.91. The molecule has 0 aliphatic carbocycles. The minimum absolute atomic E-state index is 0.172. The van der Waals surface area contributed by atoms with Crippen molar-refractivity contribution in [1.82, 2.24) is 14.3 Å². The quantitative estimate of drug-likeness (QED) is 0.866. The standard InChI is InChI=1S/C14H19N3O2S/c1-2-19-12-3-5-16(6-4-12)13(18)9-11-10-17-7-8-20-14(17)15-11/h7-8,10,12H,2-6,9H2,1H3. The molecule has 1 aliphatic heterocycles. The van der Waals surface area contributed by atoms with E-state index in [9.17, 15) is 4.79 Å². The highest BCUT2D eigenvalue weighted by Gasteiger charge is 2.23. The first-order valence-electron chi connectivity index (χ1n) is 7.06. The zero-order chi connectivity index (χ0) is 13.9. The van der Waals surface area contributed by atoms with E-state index in [0.717, 1.165) is 43.2 Å². The van der Waals surface area contributed by atoms with Gasteiger partial charge in [-0.3, -0.25) is 9.20 Å². The number of ether oxygens (including phenoxy) is 1. The summed E-state index contributed by atoms with van der Waals surface area (Å²) in [6.07, 6.45) is 6.51. The molecule has 0 unspecified atom stereocenters. The molecule has 0 aromatic carbocycles. The molecule has 0 atom stereocenters. The Bertz CT molecular complexity index is 556. The Morgan fingerprint density at radius 3 is 3.00 bits per heavy atom. The van der Waals surface area contributed by atoms with Gasteiger partial charge in [-0.05, 0) is 19.8 Å². The highest BCUT2D eigenvalue weighted by atomic mass is 32.1. The van der Waals surface area contributed by atoms with Gasteiger partial charge in [0.1, 0.15) is 0 Å². The molecule has 3 heterocycles. The number of hydrogen-bond acceptors (Lipinski definition) is 4. The number of thiazole rings is 1. The van der Waals surface area contributed by atoms with Gasteiger partial charge in [-0.25, -0.2) is 4.98 Å². The molecule has 5 nitrogen and oxygen atoms in total. The van der Waals surface area contributed by atoms with Crippen molar-refractivity contribution < 1.29 is 9.53 Å². The van der Waals surface area contributed by atoms with Crippen molar-refractivity contribution >= 4 is 22.2 Å². The molecule has 0 N–H and O–H groups in total. The Morgan fingerprint density at radius 2 is 2.30 bits per heavy atom. The van der Waals surface area contributed by atoms with Crippen LogP contribution in [-0.2, 0) is 16.0 Å².